The van der Waals surface area contributed by atoms with E-state index in [-0.39, 0.29) is 12.0 Å². The van der Waals surface area contributed by atoms with Crippen LogP contribution in [-0.2, 0) is 9.53 Å². The number of ether oxygens (including phenoxy) is 2. The van der Waals surface area contributed by atoms with Gasteiger partial charge in [-0.1, -0.05) is 15.9 Å². The number of rotatable bonds is 5. The summed E-state index contributed by atoms with van der Waals surface area (Å²) in [5, 5.41) is 0. The first kappa shape index (κ1) is 16.0. The van der Waals surface area contributed by atoms with Crippen LogP contribution in [-0.4, -0.2) is 20.2 Å². The number of esters is 1. The van der Waals surface area contributed by atoms with Gasteiger partial charge in [0.2, 0.25) is 0 Å². The third-order valence-corrected chi connectivity index (χ3v) is 3.99. The summed E-state index contributed by atoms with van der Waals surface area (Å²) in [4.78, 5) is 11.2. The van der Waals surface area contributed by atoms with E-state index in [1.165, 1.54) is 7.11 Å². The van der Waals surface area contributed by atoms with Gasteiger partial charge in [0.05, 0.1) is 14.2 Å². The van der Waals surface area contributed by atoms with Crippen LogP contribution in [0, 0.1) is 13.8 Å². The summed E-state index contributed by atoms with van der Waals surface area (Å²) in [5.74, 6) is 0.539. The van der Waals surface area contributed by atoms with Gasteiger partial charge in [-0.05, 0) is 37.5 Å². The molecular weight excluding hydrogens is 310 g/mol. The Kier molecular flexibility index (Phi) is 5.82. The van der Waals surface area contributed by atoms with Crippen LogP contribution in [0.3, 0.4) is 0 Å². The Morgan fingerprint density at radius 1 is 1.42 bits per heavy atom. The van der Waals surface area contributed by atoms with E-state index in [2.05, 4.69) is 20.7 Å². The number of hydrogen-bond donors (Lipinski definition) is 1. The second-order valence-corrected chi connectivity index (χ2v) is 5.32. The van der Waals surface area contributed by atoms with Crippen molar-refractivity contribution in [3.63, 3.8) is 0 Å². The topological polar surface area (TPSA) is 61.5 Å². The van der Waals surface area contributed by atoms with Crippen LogP contribution in [0.2, 0.25) is 0 Å². The zero-order valence-corrected chi connectivity index (χ0v) is 13.3. The Balaban J connectivity index is 3.07. The van der Waals surface area contributed by atoms with Crippen LogP contribution in [0.15, 0.2) is 10.5 Å². The standard InChI is InChI=1S/C14H20BrNO3/c1-8-7-10(15)9(2)13(14(8)19-4)11(16)5-6-12(17)18-3/h7,11H,5-6,16H2,1-4H3. The minimum absolute atomic E-state index is 0.251. The van der Waals surface area contributed by atoms with Gasteiger partial charge < -0.3 is 15.2 Å². The van der Waals surface area contributed by atoms with E-state index >= 15 is 0 Å². The number of halogens is 1. The quantitative estimate of drug-likeness (QED) is 0.843. The van der Waals surface area contributed by atoms with Gasteiger partial charge >= 0.3 is 5.97 Å². The first-order valence-corrected chi connectivity index (χ1v) is 6.87. The zero-order valence-electron chi connectivity index (χ0n) is 11.7. The maximum absolute atomic E-state index is 11.2. The Hall–Kier alpha value is -1.07. The molecule has 1 atom stereocenters. The van der Waals surface area contributed by atoms with Gasteiger partial charge in [-0.3, -0.25) is 4.79 Å². The molecule has 0 amide bonds. The van der Waals surface area contributed by atoms with Crippen molar-refractivity contribution in [2.45, 2.75) is 32.7 Å². The molecule has 2 N–H and O–H groups in total. The number of aryl methyl sites for hydroxylation is 1. The molecule has 0 spiro atoms. The molecule has 106 valence electrons. The molecule has 1 unspecified atom stereocenters. The summed E-state index contributed by atoms with van der Waals surface area (Å²) in [5.41, 5.74) is 9.21. The predicted molar refractivity (Wildman–Crippen MR) is 78.3 cm³/mol. The number of benzene rings is 1. The van der Waals surface area contributed by atoms with Crippen LogP contribution in [0.25, 0.3) is 0 Å². The molecule has 0 radical (unpaired) electrons. The number of carbonyl (C=O) groups excluding carboxylic acids is 1. The lowest BCUT2D eigenvalue weighted by atomic mass is 9.95. The Morgan fingerprint density at radius 3 is 2.58 bits per heavy atom. The van der Waals surface area contributed by atoms with Gasteiger partial charge in [-0.25, -0.2) is 0 Å². The van der Waals surface area contributed by atoms with Crippen LogP contribution in [0.5, 0.6) is 5.75 Å². The lowest BCUT2D eigenvalue weighted by Gasteiger charge is -2.21. The molecule has 0 aliphatic rings. The molecule has 1 rings (SSSR count). The molecular formula is C14H20BrNO3. The Morgan fingerprint density at radius 2 is 2.05 bits per heavy atom. The van der Waals surface area contributed by atoms with E-state index in [9.17, 15) is 4.79 Å². The fraction of sp³-hybridized carbons (Fsp3) is 0.500. The lowest BCUT2D eigenvalue weighted by molar-refractivity contribution is -0.140. The van der Waals surface area contributed by atoms with Crippen molar-refractivity contribution in [1.29, 1.82) is 0 Å². The second-order valence-electron chi connectivity index (χ2n) is 4.47. The number of methoxy groups -OCH3 is 2. The van der Waals surface area contributed by atoms with Crippen molar-refractivity contribution in [2.24, 2.45) is 5.73 Å². The van der Waals surface area contributed by atoms with Gasteiger partial charge in [0.1, 0.15) is 5.75 Å². The normalized spacial score (nSPS) is 12.1. The van der Waals surface area contributed by atoms with Crippen molar-refractivity contribution in [3.05, 3.63) is 27.2 Å². The van der Waals surface area contributed by atoms with E-state index in [4.69, 9.17) is 10.5 Å². The highest BCUT2D eigenvalue weighted by Crippen LogP contribution is 2.36. The van der Waals surface area contributed by atoms with Crippen molar-refractivity contribution in [1.82, 2.24) is 0 Å². The summed E-state index contributed by atoms with van der Waals surface area (Å²) < 4.78 is 11.1. The van der Waals surface area contributed by atoms with E-state index in [1.54, 1.807) is 7.11 Å². The maximum atomic E-state index is 11.2. The molecule has 0 saturated heterocycles. The number of nitrogens with two attached hydrogens (primary N) is 1. The number of carbonyl (C=O) groups is 1. The lowest BCUT2D eigenvalue weighted by Crippen LogP contribution is -2.16. The minimum Gasteiger partial charge on any atom is -0.496 e. The molecule has 1 aromatic rings. The van der Waals surface area contributed by atoms with Gasteiger partial charge in [0.15, 0.2) is 0 Å². The summed E-state index contributed by atoms with van der Waals surface area (Å²) in [7, 11) is 3.01. The highest BCUT2D eigenvalue weighted by atomic mass is 79.9. The van der Waals surface area contributed by atoms with Crippen molar-refractivity contribution in [2.75, 3.05) is 14.2 Å². The Labute approximate surface area is 122 Å². The van der Waals surface area contributed by atoms with E-state index in [0.29, 0.717) is 12.8 Å². The average molecular weight is 330 g/mol. The van der Waals surface area contributed by atoms with Gasteiger partial charge in [-0.2, -0.15) is 0 Å². The molecule has 0 fully saturated rings. The average Bonchev–Trinajstić information content (AvgIpc) is 2.39. The fourth-order valence-electron chi connectivity index (χ4n) is 2.11. The molecule has 0 bridgehead atoms. The summed E-state index contributed by atoms with van der Waals surface area (Å²) in [6.07, 6.45) is 0.825. The smallest absolute Gasteiger partial charge is 0.305 e. The largest absolute Gasteiger partial charge is 0.496 e. The van der Waals surface area contributed by atoms with Gasteiger partial charge in [0.25, 0.3) is 0 Å². The van der Waals surface area contributed by atoms with E-state index in [1.807, 2.05) is 19.9 Å². The number of hydrogen-bond acceptors (Lipinski definition) is 4. The molecule has 19 heavy (non-hydrogen) atoms. The summed E-state index contributed by atoms with van der Waals surface area (Å²) >= 11 is 3.52. The summed E-state index contributed by atoms with van der Waals surface area (Å²) in [6.45, 7) is 3.96. The molecule has 4 nitrogen and oxygen atoms in total. The molecule has 0 saturated carbocycles. The zero-order chi connectivity index (χ0) is 14.6. The molecule has 0 aliphatic heterocycles. The SMILES string of the molecule is COC(=O)CCC(N)c1c(C)c(Br)cc(C)c1OC. The highest BCUT2D eigenvalue weighted by molar-refractivity contribution is 9.10. The molecule has 1 aromatic carbocycles. The fourth-order valence-corrected chi connectivity index (χ4v) is 2.67. The van der Waals surface area contributed by atoms with E-state index in [0.717, 1.165) is 26.9 Å². The predicted octanol–water partition coefficient (Wildman–Crippen LogP) is 3.03. The molecule has 0 aromatic heterocycles. The third kappa shape index (κ3) is 3.70. The second kappa shape index (κ2) is 6.91. The van der Waals surface area contributed by atoms with Crippen molar-refractivity contribution in [3.8, 4) is 5.75 Å². The van der Waals surface area contributed by atoms with Crippen LogP contribution in [0.1, 0.15) is 35.6 Å². The minimum atomic E-state index is -0.259. The van der Waals surface area contributed by atoms with Crippen molar-refractivity contribution < 1.29 is 14.3 Å². The van der Waals surface area contributed by atoms with Gasteiger partial charge in [0, 0.05) is 22.5 Å². The molecule has 0 heterocycles. The summed E-state index contributed by atoms with van der Waals surface area (Å²) in [6, 6.07) is 1.75. The maximum Gasteiger partial charge on any atom is 0.305 e. The Bertz CT molecular complexity index is 474. The first-order valence-electron chi connectivity index (χ1n) is 6.08. The first-order chi connectivity index (χ1) is 8.92. The monoisotopic (exact) mass is 329 g/mol. The van der Waals surface area contributed by atoms with E-state index < -0.39 is 0 Å². The molecule has 0 aliphatic carbocycles. The van der Waals surface area contributed by atoms with Crippen LogP contribution in [0.4, 0.5) is 0 Å². The van der Waals surface area contributed by atoms with Gasteiger partial charge in [-0.15, -0.1) is 0 Å². The van der Waals surface area contributed by atoms with Crippen molar-refractivity contribution >= 4 is 21.9 Å². The van der Waals surface area contributed by atoms with Crippen LogP contribution < -0.4 is 10.5 Å². The van der Waals surface area contributed by atoms with Crippen LogP contribution >= 0.6 is 15.9 Å². The highest BCUT2D eigenvalue weighted by Gasteiger charge is 2.19. The molecule has 5 heteroatoms. The third-order valence-electron chi connectivity index (χ3n) is 3.17.